The fourth-order valence-corrected chi connectivity index (χ4v) is 1.96. The van der Waals surface area contributed by atoms with Crippen LogP contribution in [0.5, 0.6) is 0 Å². The van der Waals surface area contributed by atoms with Gasteiger partial charge in [0.25, 0.3) is 5.91 Å². The second-order valence-electron chi connectivity index (χ2n) is 3.51. The van der Waals surface area contributed by atoms with Crippen molar-refractivity contribution >= 4 is 33.4 Å². The van der Waals surface area contributed by atoms with Gasteiger partial charge in [-0.2, -0.15) is 0 Å². The van der Waals surface area contributed by atoms with Crippen molar-refractivity contribution in [3.8, 4) is 0 Å². The molecule has 0 fully saturated rings. The molecule has 0 unspecified atom stereocenters. The topological polar surface area (TPSA) is 53.4 Å². The molecular weight excluding hydrogens is 307 g/mol. The predicted molar refractivity (Wildman–Crippen MR) is 70.2 cm³/mol. The van der Waals surface area contributed by atoms with Gasteiger partial charge < -0.3 is 10.0 Å². The third-order valence-electron chi connectivity index (χ3n) is 2.19. The number of hydrogen-bond donors (Lipinski definition) is 1. The van der Waals surface area contributed by atoms with Gasteiger partial charge in [0.2, 0.25) is 0 Å². The third-order valence-corrected chi connectivity index (χ3v) is 2.92. The molecule has 0 radical (unpaired) electrons. The van der Waals surface area contributed by atoms with Crippen LogP contribution >= 0.6 is 27.5 Å². The minimum atomic E-state index is -0.209. The highest BCUT2D eigenvalue weighted by Crippen LogP contribution is 2.19. The van der Waals surface area contributed by atoms with Crippen molar-refractivity contribution in [2.75, 3.05) is 19.7 Å². The summed E-state index contributed by atoms with van der Waals surface area (Å²) < 4.78 is 0.700. The van der Waals surface area contributed by atoms with Gasteiger partial charge in [-0.05, 0) is 28.4 Å². The summed E-state index contributed by atoms with van der Waals surface area (Å²) in [7, 11) is 0. The van der Waals surface area contributed by atoms with Crippen molar-refractivity contribution in [2.24, 2.45) is 0 Å². The van der Waals surface area contributed by atoms with E-state index in [1.54, 1.807) is 11.0 Å². The van der Waals surface area contributed by atoms with E-state index in [-0.39, 0.29) is 17.7 Å². The number of carbonyl (C=O) groups is 1. The molecule has 0 aromatic carbocycles. The second kappa shape index (κ2) is 6.93. The van der Waals surface area contributed by atoms with Crippen LogP contribution in [0.2, 0.25) is 5.15 Å². The Balaban J connectivity index is 2.95. The lowest BCUT2D eigenvalue weighted by Crippen LogP contribution is -2.34. The molecule has 6 heteroatoms. The average molecular weight is 322 g/mol. The zero-order chi connectivity index (χ0) is 12.8. The molecule has 0 saturated carbocycles. The molecule has 0 aliphatic rings. The number of rotatable bonds is 5. The Bertz CT molecular complexity index is 395. The number of hydrogen-bond acceptors (Lipinski definition) is 3. The fourth-order valence-electron chi connectivity index (χ4n) is 1.45. The van der Waals surface area contributed by atoms with Gasteiger partial charge in [0, 0.05) is 23.8 Å². The van der Waals surface area contributed by atoms with Crippen LogP contribution in [-0.4, -0.2) is 40.6 Å². The molecule has 0 aliphatic heterocycles. The highest BCUT2D eigenvalue weighted by atomic mass is 79.9. The van der Waals surface area contributed by atoms with Crippen LogP contribution in [0.25, 0.3) is 0 Å². The second-order valence-corrected chi connectivity index (χ2v) is 4.78. The number of amides is 1. The summed E-state index contributed by atoms with van der Waals surface area (Å²) >= 11 is 9.14. The first-order valence-electron chi connectivity index (χ1n) is 5.31. The highest BCUT2D eigenvalue weighted by Gasteiger charge is 2.18. The van der Waals surface area contributed by atoms with E-state index < -0.39 is 0 Å². The molecule has 1 aromatic heterocycles. The van der Waals surface area contributed by atoms with Gasteiger partial charge in [-0.1, -0.05) is 18.5 Å². The summed E-state index contributed by atoms with van der Waals surface area (Å²) in [6.07, 6.45) is 2.36. The third kappa shape index (κ3) is 3.94. The number of aliphatic hydroxyl groups excluding tert-OH is 1. The lowest BCUT2D eigenvalue weighted by molar-refractivity contribution is 0.0721. The van der Waals surface area contributed by atoms with E-state index in [9.17, 15) is 4.79 Å². The van der Waals surface area contributed by atoms with E-state index in [4.69, 9.17) is 16.7 Å². The van der Waals surface area contributed by atoms with Gasteiger partial charge in [0.15, 0.2) is 0 Å². The number of carbonyl (C=O) groups excluding carboxylic acids is 1. The van der Waals surface area contributed by atoms with E-state index in [0.29, 0.717) is 23.1 Å². The smallest absolute Gasteiger partial charge is 0.257 e. The molecule has 1 aromatic rings. The van der Waals surface area contributed by atoms with Crippen molar-refractivity contribution in [2.45, 2.75) is 13.3 Å². The molecule has 1 heterocycles. The Morgan fingerprint density at radius 2 is 2.29 bits per heavy atom. The van der Waals surface area contributed by atoms with E-state index in [1.165, 1.54) is 6.20 Å². The normalized spacial score (nSPS) is 10.4. The number of halogens is 2. The Morgan fingerprint density at radius 1 is 1.59 bits per heavy atom. The van der Waals surface area contributed by atoms with Gasteiger partial charge in [-0.25, -0.2) is 4.98 Å². The van der Waals surface area contributed by atoms with Gasteiger partial charge in [0.05, 0.1) is 12.2 Å². The standard InChI is InChI=1S/C11H14BrClN2O2/c1-2-3-15(4-5-16)11(17)9-6-8(12)7-14-10(9)13/h6-7,16H,2-5H2,1H3. The number of pyridine rings is 1. The molecule has 1 amide bonds. The minimum Gasteiger partial charge on any atom is -0.395 e. The van der Waals surface area contributed by atoms with Gasteiger partial charge >= 0.3 is 0 Å². The van der Waals surface area contributed by atoms with Gasteiger partial charge in [-0.15, -0.1) is 0 Å². The lowest BCUT2D eigenvalue weighted by Gasteiger charge is -2.21. The van der Waals surface area contributed by atoms with Crippen molar-refractivity contribution in [1.29, 1.82) is 0 Å². The lowest BCUT2D eigenvalue weighted by atomic mass is 10.2. The molecule has 1 rings (SSSR count). The molecule has 0 spiro atoms. The Morgan fingerprint density at radius 3 is 2.88 bits per heavy atom. The highest BCUT2D eigenvalue weighted by molar-refractivity contribution is 9.10. The molecule has 0 bridgehead atoms. The minimum absolute atomic E-state index is 0.0647. The van der Waals surface area contributed by atoms with Crippen LogP contribution in [0.4, 0.5) is 0 Å². The molecule has 0 atom stereocenters. The van der Waals surface area contributed by atoms with Crippen molar-refractivity contribution < 1.29 is 9.90 Å². The molecule has 17 heavy (non-hydrogen) atoms. The van der Waals surface area contributed by atoms with Crippen molar-refractivity contribution in [1.82, 2.24) is 9.88 Å². The monoisotopic (exact) mass is 320 g/mol. The van der Waals surface area contributed by atoms with E-state index in [2.05, 4.69) is 20.9 Å². The first-order valence-corrected chi connectivity index (χ1v) is 6.48. The molecule has 1 N–H and O–H groups in total. The maximum Gasteiger partial charge on any atom is 0.257 e. The molecular formula is C11H14BrClN2O2. The summed E-state index contributed by atoms with van der Waals surface area (Å²) in [6, 6.07) is 1.64. The molecule has 0 saturated heterocycles. The van der Waals surface area contributed by atoms with Crippen molar-refractivity contribution in [3.63, 3.8) is 0 Å². The van der Waals surface area contributed by atoms with Crippen LogP contribution in [-0.2, 0) is 0 Å². The SMILES string of the molecule is CCCN(CCO)C(=O)c1cc(Br)cnc1Cl. The van der Waals surface area contributed by atoms with Crippen LogP contribution in [0.1, 0.15) is 23.7 Å². The first-order chi connectivity index (χ1) is 8.10. The van der Waals surface area contributed by atoms with Crippen LogP contribution in [0.3, 0.4) is 0 Å². The quantitative estimate of drug-likeness (QED) is 0.847. The zero-order valence-corrected chi connectivity index (χ0v) is 11.8. The zero-order valence-electron chi connectivity index (χ0n) is 9.49. The molecule has 94 valence electrons. The summed E-state index contributed by atoms with van der Waals surface area (Å²) in [5, 5.41) is 9.11. The molecule has 4 nitrogen and oxygen atoms in total. The van der Waals surface area contributed by atoms with Crippen molar-refractivity contribution in [3.05, 3.63) is 27.5 Å². The van der Waals surface area contributed by atoms with Gasteiger partial charge in [-0.3, -0.25) is 4.79 Å². The summed E-state index contributed by atoms with van der Waals surface area (Å²) in [5.74, 6) is -0.209. The Hall–Kier alpha value is -0.650. The summed E-state index contributed by atoms with van der Waals surface area (Å²) in [5.41, 5.74) is 0.350. The van der Waals surface area contributed by atoms with E-state index in [1.807, 2.05) is 6.92 Å². The summed E-state index contributed by atoms with van der Waals surface area (Å²) in [6.45, 7) is 2.79. The first kappa shape index (κ1) is 14.4. The van der Waals surface area contributed by atoms with Crippen LogP contribution < -0.4 is 0 Å². The molecule has 0 aliphatic carbocycles. The number of nitrogens with zero attached hydrogens (tertiary/aromatic N) is 2. The number of aromatic nitrogens is 1. The Kier molecular flexibility index (Phi) is 5.88. The number of aliphatic hydroxyl groups is 1. The Labute approximate surface area is 114 Å². The van der Waals surface area contributed by atoms with E-state index in [0.717, 1.165) is 6.42 Å². The summed E-state index contributed by atoms with van der Waals surface area (Å²) in [4.78, 5) is 17.6. The van der Waals surface area contributed by atoms with Crippen LogP contribution in [0, 0.1) is 0 Å². The predicted octanol–water partition coefficient (Wildman–Crippen LogP) is 2.34. The maximum absolute atomic E-state index is 12.2. The maximum atomic E-state index is 12.2. The largest absolute Gasteiger partial charge is 0.395 e. The van der Waals surface area contributed by atoms with Gasteiger partial charge in [0.1, 0.15) is 5.15 Å². The average Bonchev–Trinajstić information content (AvgIpc) is 2.31. The van der Waals surface area contributed by atoms with Crippen LogP contribution in [0.15, 0.2) is 16.7 Å². The van der Waals surface area contributed by atoms with E-state index >= 15 is 0 Å². The fraction of sp³-hybridized carbons (Fsp3) is 0.455.